The Balaban J connectivity index is 1.88. The summed E-state index contributed by atoms with van der Waals surface area (Å²) in [6.07, 6.45) is 4.82. The molecular weight excluding hydrogens is 281 g/mol. The standard InChI is InChI=1S/C18H26FNO2/c1-14-11-17(19)8-7-16(14)12-18(21)20-9-3-5-15(13-20)6-4-10-22-2/h7-8,11,15H,3-6,9-10,12-13H2,1-2H3/t15-/m1/s1. The van der Waals surface area contributed by atoms with Gasteiger partial charge in [-0.15, -0.1) is 0 Å². The zero-order valence-electron chi connectivity index (χ0n) is 13.6. The van der Waals surface area contributed by atoms with Crippen molar-refractivity contribution >= 4 is 5.91 Å². The minimum absolute atomic E-state index is 0.158. The van der Waals surface area contributed by atoms with E-state index in [1.165, 1.54) is 18.6 Å². The highest BCUT2D eigenvalue weighted by Crippen LogP contribution is 2.22. The summed E-state index contributed by atoms with van der Waals surface area (Å²) in [5.74, 6) is 0.498. The third kappa shape index (κ3) is 4.80. The Labute approximate surface area is 132 Å². The number of halogens is 1. The Morgan fingerprint density at radius 3 is 3.00 bits per heavy atom. The number of rotatable bonds is 6. The summed E-state index contributed by atoms with van der Waals surface area (Å²) in [7, 11) is 1.72. The van der Waals surface area contributed by atoms with Gasteiger partial charge in [-0.1, -0.05) is 6.07 Å². The first-order valence-electron chi connectivity index (χ1n) is 8.12. The molecular formula is C18H26FNO2. The summed E-state index contributed by atoms with van der Waals surface area (Å²) in [5.41, 5.74) is 1.77. The Bertz CT molecular complexity index is 504. The van der Waals surface area contributed by atoms with Crippen molar-refractivity contribution in [3.8, 4) is 0 Å². The molecule has 1 aromatic rings. The minimum atomic E-state index is -0.245. The Morgan fingerprint density at radius 1 is 1.45 bits per heavy atom. The molecule has 0 aliphatic carbocycles. The molecule has 122 valence electrons. The molecule has 0 unspecified atom stereocenters. The van der Waals surface area contributed by atoms with Gasteiger partial charge in [-0.05, 0) is 61.8 Å². The van der Waals surface area contributed by atoms with Crippen LogP contribution in [0.1, 0.15) is 36.8 Å². The van der Waals surface area contributed by atoms with Crippen molar-refractivity contribution in [1.29, 1.82) is 0 Å². The van der Waals surface area contributed by atoms with Gasteiger partial charge in [-0.2, -0.15) is 0 Å². The molecule has 1 aliphatic rings. The van der Waals surface area contributed by atoms with Crippen molar-refractivity contribution in [1.82, 2.24) is 4.90 Å². The maximum absolute atomic E-state index is 13.1. The van der Waals surface area contributed by atoms with Crippen LogP contribution in [0.25, 0.3) is 0 Å². The number of hydrogen-bond donors (Lipinski definition) is 0. The SMILES string of the molecule is COCCC[C@H]1CCCN(C(=O)Cc2ccc(F)cc2C)C1. The van der Waals surface area contributed by atoms with Gasteiger partial charge in [0.2, 0.25) is 5.91 Å². The lowest BCUT2D eigenvalue weighted by Gasteiger charge is -2.33. The lowest BCUT2D eigenvalue weighted by molar-refractivity contribution is -0.132. The van der Waals surface area contributed by atoms with Crippen molar-refractivity contribution in [2.24, 2.45) is 5.92 Å². The van der Waals surface area contributed by atoms with Crippen molar-refractivity contribution in [3.63, 3.8) is 0 Å². The maximum Gasteiger partial charge on any atom is 0.227 e. The van der Waals surface area contributed by atoms with E-state index < -0.39 is 0 Å². The molecule has 1 aromatic carbocycles. The molecule has 1 fully saturated rings. The van der Waals surface area contributed by atoms with E-state index in [1.54, 1.807) is 13.2 Å². The third-order valence-electron chi connectivity index (χ3n) is 4.48. The number of benzene rings is 1. The van der Waals surface area contributed by atoms with Crippen LogP contribution in [-0.4, -0.2) is 37.6 Å². The van der Waals surface area contributed by atoms with Gasteiger partial charge in [-0.25, -0.2) is 4.39 Å². The van der Waals surface area contributed by atoms with Crippen LogP contribution in [0.15, 0.2) is 18.2 Å². The van der Waals surface area contributed by atoms with Gasteiger partial charge in [0.05, 0.1) is 6.42 Å². The molecule has 1 amide bonds. The molecule has 2 rings (SSSR count). The summed E-state index contributed by atoms with van der Waals surface area (Å²) >= 11 is 0. The van der Waals surface area contributed by atoms with E-state index in [0.29, 0.717) is 12.3 Å². The normalized spacial score (nSPS) is 18.5. The molecule has 1 atom stereocenters. The lowest BCUT2D eigenvalue weighted by atomic mass is 9.93. The highest BCUT2D eigenvalue weighted by molar-refractivity contribution is 5.79. The molecule has 0 bridgehead atoms. The molecule has 22 heavy (non-hydrogen) atoms. The zero-order chi connectivity index (χ0) is 15.9. The maximum atomic E-state index is 13.1. The second-order valence-corrected chi connectivity index (χ2v) is 6.23. The second-order valence-electron chi connectivity index (χ2n) is 6.23. The van der Waals surface area contributed by atoms with Gasteiger partial charge >= 0.3 is 0 Å². The van der Waals surface area contributed by atoms with Crippen molar-refractivity contribution < 1.29 is 13.9 Å². The number of hydrogen-bond acceptors (Lipinski definition) is 2. The summed E-state index contributed by atoms with van der Waals surface area (Å²) in [5, 5.41) is 0. The first-order chi connectivity index (χ1) is 10.6. The smallest absolute Gasteiger partial charge is 0.227 e. The molecule has 0 spiro atoms. The van der Waals surface area contributed by atoms with Crippen LogP contribution in [0.4, 0.5) is 4.39 Å². The van der Waals surface area contributed by atoms with E-state index in [9.17, 15) is 9.18 Å². The van der Waals surface area contributed by atoms with Gasteiger partial charge < -0.3 is 9.64 Å². The van der Waals surface area contributed by atoms with Gasteiger partial charge in [0, 0.05) is 26.8 Å². The molecule has 0 N–H and O–H groups in total. The van der Waals surface area contributed by atoms with Gasteiger partial charge in [0.25, 0.3) is 0 Å². The Morgan fingerprint density at radius 2 is 2.27 bits per heavy atom. The highest BCUT2D eigenvalue weighted by Gasteiger charge is 2.23. The quantitative estimate of drug-likeness (QED) is 0.754. The molecule has 4 heteroatoms. The van der Waals surface area contributed by atoms with Crippen LogP contribution in [-0.2, 0) is 16.0 Å². The van der Waals surface area contributed by atoms with E-state index in [4.69, 9.17) is 4.74 Å². The average Bonchev–Trinajstić information content (AvgIpc) is 2.50. The zero-order valence-corrected chi connectivity index (χ0v) is 13.6. The number of carbonyl (C=O) groups excluding carboxylic acids is 1. The number of amides is 1. The molecule has 1 heterocycles. The molecule has 0 saturated carbocycles. The molecule has 3 nitrogen and oxygen atoms in total. The summed E-state index contributed by atoms with van der Waals surface area (Å²) in [6, 6.07) is 4.65. The van der Waals surface area contributed by atoms with Gasteiger partial charge in [-0.3, -0.25) is 4.79 Å². The topological polar surface area (TPSA) is 29.5 Å². The van der Waals surface area contributed by atoms with Gasteiger partial charge in [0.15, 0.2) is 0 Å². The Hall–Kier alpha value is -1.42. The third-order valence-corrected chi connectivity index (χ3v) is 4.48. The van der Waals surface area contributed by atoms with Crippen LogP contribution in [0.3, 0.4) is 0 Å². The van der Waals surface area contributed by atoms with E-state index in [1.807, 2.05) is 11.8 Å². The molecule has 0 radical (unpaired) electrons. The van der Waals surface area contributed by atoms with Crippen molar-refractivity contribution in [2.75, 3.05) is 26.8 Å². The van der Waals surface area contributed by atoms with E-state index in [2.05, 4.69) is 0 Å². The van der Waals surface area contributed by atoms with Crippen LogP contribution in [0.5, 0.6) is 0 Å². The number of nitrogens with zero attached hydrogens (tertiary/aromatic N) is 1. The van der Waals surface area contributed by atoms with Crippen LogP contribution in [0, 0.1) is 18.7 Å². The van der Waals surface area contributed by atoms with Gasteiger partial charge in [0.1, 0.15) is 5.82 Å². The number of ether oxygens (including phenoxy) is 1. The fourth-order valence-corrected chi connectivity index (χ4v) is 3.18. The Kier molecular flexibility index (Phi) is 6.37. The number of carbonyl (C=O) groups is 1. The summed E-state index contributed by atoms with van der Waals surface area (Å²) in [4.78, 5) is 14.5. The molecule has 1 saturated heterocycles. The molecule has 1 aliphatic heterocycles. The first kappa shape index (κ1) is 16.9. The largest absolute Gasteiger partial charge is 0.385 e. The monoisotopic (exact) mass is 307 g/mol. The number of methoxy groups -OCH3 is 1. The number of likely N-dealkylation sites (tertiary alicyclic amines) is 1. The van der Waals surface area contributed by atoms with Crippen LogP contribution < -0.4 is 0 Å². The fourth-order valence-electron chi connectivity index (χ4n) is 3.18. The van der Waals surface area contributed by atoms with Crippen LogP contribution >= 0.6 is 0 Å². The summed E-state index contributed by atoms with van der Waals surface area (Å²) < 4.78 is 18.2. The first-order valence-corrected chi connectivity index (χ1v) is 8.12. The lowest BCUT2D eigenvalue weighted by Crippen LogP contribution is -2.40. The van der Waals surface area contributed by atoms with Crippen molar-refractivity contribution in [2.45, 2.75) is 39.0 Å². The van der Waals surface area contributed by atoms with E-state index >= 15 is 0 Å². The fraction of sp³-hybridized carbons (Fsp3) is 0.611. The van der Waals surface area contributed by atoms with Crippen LogP contribution in [0.2, 0.25) is 0 Å². The minimum Gasteiger partial charge on any atom is -0.385 e. The molecule has 0 aromatic heterocycles. The van der Waals surface area contributed by atoms with Crippen molar-refractivity contribution in [3.05, 3.63) is 35.1 Å². The van der Waals surface area contributed by atoms with E-state index in [0.717, 1.165) is 50.1 Å². The van der Waals surface area contributed by atoms with E-state index in [-0.39, 0.29) is 11.7 Å². The predicted molar refractivity (Wildman–Crippen MR) is 85.3 cm³/mol. The predicted octanol–water partition coefficient (Wildman–Crippen LogP) is 3.34. The average molecular weight is 307 g/mol. The second kappa shape index (κ2) is 8.28. The number of aryl methyl sites for hydroxylation is 1. The highest BCUT2D eigenvalue weighted by atomic mass is 19.1. The number of piperidine rings is 1. The summed E-state index contributed by atoms with van der Waals surface area (Å²) in [6.45, 7) is 4.34.